The number of rotatable bonds is 3. The van der Waals surface area contributed by atoms with Crippen LogP contribution >= 0.6 is 11.6 Å². The van der Waals surface area contributed by atoms with E-state index < -0.39 is 10.5 Å². The highest BCUT2D eigenvalue weighted by atomic mass is 35.5. The van der Waals surface area contributed by atoms with Crippen LogP contribution in [-0.2, 0) is 5.54 Å². The monoisotopic (exact) mass is 230 g/mol. The average molecular weight is 231 g/mol. The van der Waals surface area contributed by atoms with Crippen molar-refractivity contribution in [1.82, 2.24) is 0 Å². The zero-order valence-corrected chi connectivity index (χ0v) is 8.86. The molecule has 0 bridgehead atoms. The quantitative estimate of drug-likeness (QED) is 0.607. The summed E-state index contributed by atoms with van der Waals surface area (Å²) in [5, 5.41) is 19.5. The molecule has 0 aliphatic rings. The number of hydrogen-bond donors (Lipinski definition) is 2. The van der Waals surface area contributed by atoms with Gasteiger partial charge in [-0.2, -0.15) is 0 Å². The van der Waals surface area contributed by atoms with Crippen molar-refractivity contribution in [2.24, 2.45) is 5.73 Å². The minimum Gasteiger partial charge on any atom is -0.394 e. The fourth-order valence-electron chi connectivity index (χ4n) is 1.10. The molecule has 0 aromatic heterocycles. The predicted octanol–water partition coefficient (Wildman–Crippen LogP) is 1.41. The van der Waals surface area contributed by atoms with Crippen LogP contribution in [0.3, 0.4) is 0 Å². The lowest BCUT2D eigenvalue weighted by Gasteiger charge is -2.22. The number of aliphatic hydroxyl groups excluding tert-OH is 1. The molecular weight excluding hydrogens is 220 g/mol. The van der Waals surface area contributed by atoms with Gasteiger partial charge < -0.3 is 10.8 Å². The second kappa shape index (κ2) is 4.14. The minimum atomic E-state index is -0.946. The van der Waals surface area contributed by atoms with Crippen molar-refractivity contribution in [2.75, 3.05) is 6.61 Å². The summed E-state index contributed by atoms with van der Waals surface area (Å²) in [6.07, 6.45) is 0. The van der Waals surface area contributed by atoms with Gasteiger partial charge in [0, 0.05) is 6.07 Å². The summed E-state index contributed by atoms with van der Waals surface area (Å²) in [5.41, 5.74) is 5.19. The molecule has 1 unspecified atom stereocenters. The molecule has 3 N–H and O–H groups in total. The van der Waals surface area contributed by atoms with Gasteiger partial charge in [0.25, 0.3) is 5.69 Å². The Morgan fingerprint density at radius 1 is 1.67 bits per heavy atom. The van der Waals surface area contributed by atoms with Gasteiger partial charge in [-0.25, -0.2) is 0 Å². The summed E-state index contributed by atoms with van der Waals surface area (Å²) in [6, 6.07) is 4.16. The average Bonchev–Trinajstić information content (AvgIpc) is 2.17. The summed E-state index contributed by atoms with van der Waals surface area (Å²) < 4.78 is 0. The molecule has 1 atom stereocenters. The lowest BCUT2D eigenvalue weighted by atomic mass is 9.94. The molecule has 0 heterocycles. The number of nitrogens with zero attached hydrogens (tertiary/aromatic N) is 1. The highest BCUT2D eigenvalue weighted by Crippen LogP contribution is 2.28. The van der Waals surface area contributed by atoms with Crippen LogP contribution in [0.4, 0.5) is 5.69 Å². The number of benzene rings is 1. The summed E-state index contributed by atoms with van der Waals surface area (Å²) in [7, 11) is 0. The molecule has 0 aliphatic heterocycles. The topological polar surface area (TPSA) is 89.4 Å². The van der Waals surface area contributed by atoms with Gasteiger partial charge in [0.2, 0.25) is 0 Å². The van der Waals surface area contributed by atoms with Crippen molar-refractivity contribution in [2.45, 2.75) is 12.5 Å². The van der Waals surface area contributed by atoms with E-state index in [1.54, 1.807) is 6.92 Å². The Balaban J connectivity index is 3.18. The van der Waals surface area contributed by atoms with Crippen molar-refractivity contribution in [3.05, 3.63) is 38.9 Å². The molecule has 0 aliphatic carbocycles. The van der Waals surface area contributed by atoms with E-state index in [-0.39, 0.29) is 17.3 Å². The molecule has 0 amide bonds. The van der Waals surface area contributed by atoms with E-state index >= 15 is 0 Å². The maximum absolute atomic E-state index is 10.5. The number of nitro benzene ring substituents is 1. The van der Waals surface area contributed by atoms with Gasteiger partial charge in [-0.1, -0.05) is 17.7 Å². The minimum absolute atomic E-state index is 0.0163. The van der Waals surface area contributed by atoms with Crippen molar-refractivity contribution in [3.63, 3.8) is 0 Å². The van der Waals surface area contributed by atoms with Crippen LogP contribution in [0.25, 0.3) is 0 Å². The summed E-state index contributed by atoms with van der Waals surface area (Å²) >= 11 is 5.71. The Morgan fingerprint density at radius 3 is 2.67 bits per heavy atom. The number of nitro groups is 1. The van der Waals surface area contributed by atoms with E-state index in [0.717, 1.165) is 0 Å². The Labute approximate surface area is 91.6 Å². The highest BCUT2D eigenvalue weighted by molar-refractivity contribution is 6.32. The molecule has 1 rings (SSSR count). The van der Waals surface area contributed by atoms with E-state index in [0.29, 0.717) is 5.56 Å². The van der Waals surface area contributed by atoms with Gasteiger partial charge in [-0.15, -0.1) is 0 Å². The molecule has 0 radical (unpaired) electrons. The van der Waals surface area contributed by atoms with Gasteiger partial charge in [0.15, 0.2) is 0 Å². The van der Waals surface area contributed by atoms with Crippen molar-refractivity contribution < 1.29 is 10.0 Å². The first-order valence-electron chi connectivity index (χ1n) is 4.22. The predicted molar refractivity (Wildman–Crippen MR) is 56.7 cm³/mol. The molecule has 5 nitrogen and oxygen atoms in total. The SMILES string of the molecule is CC(N)(CO)c1ccc([N+](=O)[O-])c(Cl)c1. The Morgan fingerprint density at radius 2 is 2.27 bits per heavy atom. The first kappa shape index (κ1) is 11.9. The largest absolute Gasteiger partial charge is 0.394 e. The van der Waals surface area contributed by atoms with E-state index in [1.165, 1.54) is 18.2 Å². The standard InChI is InChI=1S/C9H11ClN2O3/c1-9(11,5-13)6-2-3-8(12(14)15)7(10)4-6/h2-4,13H,5,11H2,1H3. The zero-order valence-electron chi connectivity index (χ0n) is 8.11. The zero-order chi connectivity index (χ0) is 11.6. The number of nitrogens with two attached hydrogens (primary N) is 1. The normalized spacial score (nSPS) is 14.7. The van der Waals surface area contributed by atoms with Crippen LogP contribution in [0.15, 0.2) is 18.2 Å². The van der Waals surface area contributed by atoms with Gasteiger partial charge in [0.05, 0.1) is 17.1 Å². The summed E-state index contributed by atoms with van der Waals surface area (Å²) in [5.74, 6) is 0. The molecule has 0 saturated heterocycles. The third-order valence-corrected chi connectivity index (χ3v) is 2.44. The fraction of sp³-hybridized carbons (Fsp3) is 0.333. The summed E-state index contributed by atoms with van der Waals surface area (Å²) in [4.78, 5) is 9.92. The fourth-order valence-corrected chi connectivity index (χ4v) is 1.35. The number of aliphatic hydroxyl groups is 1. The van der Waals surface area contributed by atoms with E-state index in [9.17, 15) is 10.1 Å². The van der Waals surface area contributed by atoms with Gasteiger partial charge in [-0.3, -0.25) is 10.1 Å². The molecular formula is C9H11ClN2O3. The van der Waals surface area contributed by atoms with Crippen LogP contribution in [0, 0.1) is 10.1 Å². The third kappa shape index (κ3) is 2.44. The lowest BCUT2D eigenvalue weighted by molar-refractivity contribution is -0.384. The van der Waals surface area contributed by atoms with E-state index in [1.807, 2.05) is 0 Å². The first-order valence-corrected chi connectivity index (χ1v) is 4.60. The highest BCUT2D eigenvalue weighted by Gasteiger charge is 2.22. The molecule has 15 heavy (non-hydrogen) atoms. The maximum Gasteiger partial charge on any atom is 0.287 e. The Hall–Kier alpha value is -1.17. The molecule has 0 spiro atoms. The van der Waals surface area contributed by atoms with Crippen molar-refractivity contribution in [1.29, 1.82) is 0 Å². The van der Waals surface area contributed by atoms with Crippen LogP contribution in [-0.4, -0.2) is 16.6 Å². The second-order valence-corrected chi connectivity index (χ2v) is 3.91. The lowest BCUT2D eigenvalue weighted by Crippen LogP contribution is -2.36. The number of halogens is 1. The second-order valence-electron chi connectivity index (χ2n) is 3.50. The molecule has 1 aromatic carbocycles. The molecule has 1 aromatic rings. The smallest absolute Gasteiger partial charge is 0.287 e. The van der Waals surface area contributed by atoms with Crippen LogP contribution < -0.4 is 5.73 Å². The molecule has 6 heteroatoms. The third-order valence-electron chi connectivity index (χ3n) is 2.13. The van der Waals surface area contributed by atoms with Crippen LogP contribution in [0.5, 0.6) is 0 Å². The van der Waals surface area contributed by atoms with Gasteiger partial charge >= 0.3 is 0 Å². The van der Waals surface area contributed by atoms with Gasteiger partial charge in [-0.05, 0) is 18.6 Å². The van der Waals surface area contributed by atoms with E-state index in [4.69, 9.17) is 22.4 Å². The Bertz CT molecular complexity index is 393. The molecule has 82 valence electrons. The Kier molecular flexibility index (Phi) is 3.28. The maximum atomic E-state index is 10.5. The summed E-state index contributed by atoms with van der Waals surface area (Å²) in [6.45, 7) is 1.35. The van der Waals surface area contributed by atoms with Crippen LogP contribution in [0.1, 0.15) is 12.5 Å². The number of hydrogen-bond acceptors (Lipinski definition) is 4. The molecule has 0 saturated carbocycles. The van der Waals surface area contributed by atoms with Crippen LogP contribution in [0.2, 0.25) is 5.02 Å². The van der Waals surface area contributed by atoms with Crippen molar-refractivity contribution >= 4 is 17.3 Å². The first-order chi connectivity index (χ1) is 6.88. The van der Waals surface area contributed by atoms with Crippen molar-refractivity contribution in [3.8, 4) is 0 Å². The molecule has 0 fully saturated rings. The van der Waals surface area contributed by atoms with E-state index in [2.05, 4.69) is 0 Å². The van der Waals surface area contributed by atoms with Gasteiger partial charge in [0.1, 0.15) is 5.02 Å².